The van der Waals surface area contributed by atoms with Gasteiger partial charge < -0.3 is 14.4 Å². The minimum Gasteiger partial charge on any atom is -0.375 e. The highest BCUT2D eigenvalue weighted by Crippen LogP contribution is 2.34. The summed E-state index contributed by atoms with van der Waals surface area (Å²) in [6.45, 7) is 1.37. The van der Waals surface area contributed by atoms with Gasteiger partial charge >= 0.3 is 0 Å². The fourth-order valence-electron chi connectivity index (χ4n) is 4.02. The number of hydrogen-bond acceptors (Lipinski definition) is 3. The standard InChI is InChI=1S/C23H25F2NO3/c1-28-23(14-29-15-23)20-4-2-3-19(13-20)22(27)26-11-9-17(10-12-26)16-5-7-18(8-6-16)21(24)25/h2-8,13,17,21H,9-12,14-15H2,1H3/i1D3. The third kappa shape index (κ3) is 3.91. The average Bonchev–Trinajstić information content (AvgIpc) is 2.75. The molecule has 1 amide bonds. The summed E-state index contributed by atoms with van der Waals surface area (Å²) in [7, 11) is -2.57. The highest BCUT2D eigenvalue weighted by molar-refractivity contribution is 5.94. The van der Waals surface area contributed by atoms with Gasteiger partial charge in [-0.1, -0.05) is 36.4 Å². The van der Waals surface area contributed by atoms with Gasteiger partial charge in [0.1, 0.15) is 5.60 Å². The van der Waals surface area contributed by atoms with Crippen molar-refractivity contribution in [3.63, 3.8) is 0 Å². The van der Waals surface area contributed by atoms with Crippen molar-refractivity contribution in [1.29, 1.82) is 0 Å². The molecule has 0 unspecified atom stereocenters. The third-order valence-corrected chi connectivity index (χ3v) is 5.94. The molecular weight excluding hydrogens is 376 g/mol. The number of amides is 1. The molecule has 0 aromatic heterocycles. The van der Waals surface area contributed by atoms with Crippen LogP contribution in [0.2, 0.25) is 0 Å². The fourth-order valence-corrected chi connectivity index (χ4v) is 4.02. The zero-order valence-corrected chi connectivity index (χ0v) is 15.9. The lowest BCUT2D eigenvalue weighted by molar-refractivity contribution is -0.202. The van der Waals surface area contributed by atoms with Crippen LogP contribution in [0, 0.1) is 0 Å². The Balaban J connectivity index is 1.42. The Bertz CT molecular complexity index is 954. The van der Waals surface area contributed by atoms with E-state index in [0.29, 0.717) is 24.2 Å². The first-order valence-electron chi connectivity index (χ1n) is 11.2. The number of halogens is 2. The zero-order valence-electron chi connectivity index (χ0n) is 18.9. The molecule has 0 N–H and O–H groups in total. The lowest BCUT2D eigenvalue weighted by atomic mass is 9.88. The summed E-state index contributed by atoms with van der Waals surface area (Å²) in [4.78, 5) is 14.9. The molecule has 2 aliphatic heterocycles. The molecule has 154 valence electrons. The molecule has 0 radical (unpaired) electrons. The molecular formula is C23H25F2NO3. The Morgan fingerprint density at radius 3 is 2.52 bits per heavy atom. The summed E-state index contributed by atoms with van der Waals surface area (Å²) >= 11 is 0. The smallest absolute Gasteiger partial charge is 0.263 e. The Morgan fingerprint density at radius 2 is 1.93 bits per heavy atom. The van der Waals surface area contributed by atoms with Crippen LogP contribution < -0.4 is 0 Å². The molecule has 0 spiro atoms. The van der Waals surface area contributed by atoms with E-state index in [0.717, 1.165) is 18.4 Å². The summed E-state index contributed by atoms with van der Waals surface area (Å²) in [5.41, 5.74) is 1.04. The quantitative estimate of drug-likeness (QED) is 0.736. The van der Waals surface area contributed by atoms with Crippen LogP contribution in [0.3, 0.4) is 0 Å². The molecule has 4 nitrogen and oxygen atoms in total. The van der Waals surface area contributed by atoms with E-state index in [9.17, 15) is 13.6 Å². The van der Waals surface area contributed by atoms with E-state index in [1.165, 1.54) is 12.1 Å². The number of rotatable bonds is 5. The SMILES string of the molecule is [2H]C([2H])([2H])OC1(c2cccc(C(=O)N3CCC(c4ccc(C(F)F)cc4)CC3)c2)COC1. The fraction of sp³-hybridized carbons (Fsp3) is 0.435. The Morgan fingerprint density at radius 1 is 1.21 bits per heavy atom. The van der Waals surface area contributed by atoms with Gasteiger partial charge in [0.25, 0.3) is 12.3 Å². The molecule has 0 atom stereocenters. The normalized spacial score (nSPS) is 21.2. The van der Waals surface area contributed by atoms with E-state index in [1.54, 1.807) is 41.3 Å². The molecule has 2 aromatic carbocycles. The van der Waals surface area contributed by atoms with Crippen molar-refractivity contribution in [2.45, 2.75) is 30.8 Å². The number of ether oxygens (including phenoxy) is 2. The second-order valence-corrected chi connectivity index (χ2v) is 7.70. The number of nitrogens with zero attached hydrogens (tertiary/aromatic N) is 1. The molecule has 0 bridgehead atoms. The summed E-state index contributed by atoms with van der Waals surface area (Å²) in [5, 5.41) is 0. The van der Waals surface area contributed by atoms with Crippen molar-refractivity contribution >= 4 is 5.91 Å². The van der Waals surface area contributed by atoms with Crippen molar-refractivity contribution in [1.82, 2.24) is 4.90 Å². The number of carbonyl (C=O) groups excluding carboxylic acids is 1. The molecule has 2 saturated heterocycles. The zero-order chi connectivity index (χ0) is 22.9. The molecule has 29 heavy (non-hydrogen) atoms. The Hall–Kier alpha value is -2.31. The summed E-state index contributed by atoms with van der Waals surface area (Å²) in [6, 6.07) is 13.3. The van der Waals surface area contributed by atoms with Crippen LogP contribution in [0.5, 0.6) is 0 Å². The maximum absolute atomic E-state index is 13.1. The number of methoxy groups -OCH3 is 1. The van der Waals surface area contributed by atoms with Crippen molar-refractivity contribution < 1.29 is 27.2 Å². The van der Waals surface area contributed by atoms with Crippen LogP contribution in [0.1, 0.15) is 56.3 Å². The predicted molar refractivity (Wildman–Crippen MR) is 105 cm³/mol. The molecule has 4 rings (SSSR count). The number of benzene rings is 2. The summed E-state index contributed by atoms with van der Waals surface area (Å²) in [6.07, 6.45) is -0.978. The number of likely N-dealkylation sites (tertiary alicyclic amines) is 1. The number of hydrogen-bond donors (Lipinski definition) is 0. The van der Waals surface area contributed by atoms with Crippen LogP contribution in [0.15, 0.2) is 48.5 Å². The van der Waals surface area contributed by atoms with E-state index in [4.69, 9.17) is 13.6 Å². The van der Waals surface area contributed by atoms with E-state index < -0.39 is 19.1 Å². The number of alkyl halides is 2. The minimum atomic E-state index is -2.57. The van der Waals surface area contributed by atoms with Crippen molar-refractivity contribution in [2.75, 3.05) is 33.3 Å². The summed E-state index contributed by atoms with van der Waals surface area (Å²) < 4.78 is 58.4. The van der Waals surface area contributed by atoms with E-state index in [1.807, 2.05) is 0 Å². The van der Waals surface area contributed by atoms with Gasteiger partial charge in [0, 0.05) is 31.3 Å². The first-order chi connectivity index (χ1) is 15.2. The van der Waals surface area contributed by atoms with Gasteiger partial charge in [0.05, 0.1) is 17.3 Å². The lowest BCUT2D eigenvalue weighted by Crippen LogP contribution is -2.48. The molecule has 2 heterocycles. The molecule has 2 aliphatic rings. The average molecular weight is 404 g/mol. The lowest BCUT2D eigenvalue weighted by Gasteiger charge is -2.40. The van der Waals surface area contributed by atoms with Crippen LogP contribution in [-0.2, 0) is 15.1 Å². The number of carbonyl (C=O) groups is 1. The van der Waals surface area contributed by atoms with Crippen molar-refractivity contribution in [3.8, 4) is 0 Å². The number of piperidine rings is 1. The highest BCUT2D eigenvalue weighted by Gasteiger charge is 2.41. The molecule has 0 aliphatic carbocycles. The van der Waals surface area contributed by atoms with Gasteiger partial charge in [-0.2, -0.15) is 0 Å². The predicted octanol–water partition coefficient (Wildman–Crippen LogP) is 4.52. The molecule has 0 saturated carbocycles. The van der Waals surface area contributed by atoms with Crippen LogP contribution in [0.4, 0.5) is 8.78 Å². The van der Waals surface area contributed by atoms with Crippen molar-refractivity contribution in [3.05, 3.63) is 70.8 Å². The summed E-state index contributed by atoms with van der Waals surface area (Å²) in [5.74, 6) is 0.0998. The van der Waals surface area contributed by atoms with Gasteiger partial charge in [-0.05, 0) is 42.0 Å². The van der Waals surface area contributed by atoms with Gasteiger partial charge in [-0.3, -0.25) is 4.79 Å². The Kier molecular flexibility index (Phi) is 4.66. The molecule has 2 aromatic rings. The third-order valence-electron chi connectivity index (χ3n) is 5.94. The van der Waals surface area contributed by atoms with Crippen molar-refractivity contribution in [2.24, 2.45) is 0 Å². The van der Waals surface area contributed by atoms with Gasteiger partial charge in [-0.25, -0.2) is 8.78 Å². The first kappa shape index (κ1) is 16.5. The van der Waals surface area contributed by atoms with Crippen LogP contribution in [0.25, 0.3) is 0 Å². The van der Waals surface area contributed by atoms with Gasteiger partial charge in [0.2, 0.25) is 0 Å². The minimum absolute atomic E-state index is 0.0124. The maximum atomic E-state index is 13.1. The Labute approximate surface area is 173 Å². The van der Waals surface area contributed by atoms with E-state index >= 15 is 0 Å². The second kappa shape index (κ2) is 8.20. The molecule has 6 heteroatoms. The molecule has 2 fully saturated rings. The van der Waals surface area contributed by atoms with E-state index in [-0.39, 0.29) is 30.6 Å². The first-order valence-corrected chi connectivity index (χ1v) is 9.73. The topological polar surface area (TPSA) is 38.8 Å². The van der Waals surface area contributed by atoms with Crippen LogP contribution >= 0.6 is 0 Å². The second-order valence-electron chi connectivity index (χ2n) is 7.70. The van der Waals surface area contributed by atoms with E-state index in [2.05, 4.69) is 0 Å². The largest absolute Gasteiger partial charge is 0.375 e. The maximum Gasteiger partial charge on any atom is 0.263 e. The van der Waals surface area contributed by atoms with Gasteiger partial charge in [0.15, 0.2) is 0 Å². The monoisotopic (exact) mass is 404 g/mol. The van der Waals surface area contributed by atoms with Gasteiger partial charge in [-0.15, -0.1) is 0 Å². The van der Waals surface area contributed by atoms with Crippen LogP contribution in [-0.4, -0.2) is 44.1 Å². The highest BCUT2D eigenvalue weighted by atomic mass is 19.3.